The highest BCUT2D eigenvalue weighted by molar-refractivity contribution is 5.38. The number of hydrogen-bond acceptors (Lipinski definition) is 4. The molecule has 2 rings (SSSR count). The monoisotopic (exact) mass is 271 g/mol. The second-order valence-corrected chi connectivity index (χ2v) is 4.26. The average molecular weight is 271 g/mol. The molecular formula is C15H17N3O2. The maximum Gasteiger partial charge on any atom is 0.147 e. The molecule has 0 bridgehead atoms. The van der Waals surface area contributed by atoms with Crippen molar-refractivity contribution in [3.63, 3.8) is 0 Å². The normalized spacial score (nSPS) is 9.95. The number of aryl methyl sites for hydroxylation is 2. The number of aliphatic hydroxyl groups excluding tert-OH is 1. The van der Waals surface area contributed by atoms with Crippen molar-refractivity contribution in [1.29, 1.82) is 0 Å². The summed E-state index contributed by atoms with van der Waals surface area (Å²) >= 11 is 0. The van der Waals surface area contributed by atoms with E-state index < -0.39 is 0 Å². The Bertz CT molecular complexity index is 621. The standard InChI is InChI=1S/C15H17N3O2/c1-12-16-13(2)18(17-12)9-11-20-15-7-5-14(6-8-15)4-3-10-19/h5-8,19H,9-11H2,1-2H3. The second kappa shape index (κ2) is 6.73. The van der Waals surface area contributed by atoms with E-state index in [9.17, 15) is 0 Å². The van der Waals surface area contributed by atoms with Crippen LogP contribution in [0.4, 0.5) is 0 Å². The summed E-state index contributed by atoms with van der Waals surface area (Å²) in [4.78, 5) is 4.24. The number of hydrogen-bond donors (Lipinski definition) is 1. The zero-order valence-corrected chi connectivity index (χ0v) is 11.6. The summed E-state index contributed by atoms with van der Waals surface area (Å²) in [5.41, 5.74) is 0.856. The second-order valence-electron chi connectivity index (χ2n) is 4.26. The van der Waals surface area contributed by atoms with E-state index in [0.717, 1.165) is 23.0 Å². The fourth-order valence-electron chi connectivity index (χ4n) is 1.80. The first-order chi connectivity index (χ1) is 9.69. The molecule has 0 saturated carbocycles. The maximum absolute atomic E-state index is 8.62. The average Bonchev–Trinajstić information content (AvgIpc) is 2.76. The van der Waals surface area contributed by atoms with E-state index in [1.165, 1.54) is 0 Å². The number of aliphatic hydroxyl groups is 1. The Balaban J connectivity index is 1.86. The van der Waals surface area contributed by atoms with E-state index in [1.54, 1.807) is 0 Å². The lowest BCUT2D eigenvalue weighted by Gasteiger charge is -2.07. The van der Waals surface area contributed by atoms with Gasteiger partial charge in [-0.05, 0) is 38.1 Å². The van der Waals surface area contributed by atoms with Gasteiger partial charge in [0.15, 0.2) is 0 Å². The van der Waals surface area contributed by atoms with Gasteiger partial charge in [0, 0.05) is 5.56 Å². The van der Waals surface area contributed by atoms with Crippen LogP contribution in [-0.2, 0) is 6.54 Å². The number of rotatable bonds is 4. The maximum atomic E-state index is 8.62. The van der Waals surface area contributed by atoms with Crippen molar-refractivity contribution in [3.05, 3.63) is 41.5 Å². The molecule has 0 aliphatic heterocycles. The van der Waals surface area contributed by atoms with Crippen molar-refractivity contribution in [2.75, 3.05) is 13.2 Å². The van der Waals surface area contributed by atoms with Gasteiger partial charge in [0.1, 0.15) is 30.6 Å². The predicted octanol–water partition coefficient (Wildman–Crippen LogP) is 1.32. The highest BCUT2D eigenvalue weighted by Crippen LogP contribution is 2.11. The van der Waals surface area contributed by atoms with Gasteiger partial charge in [-0.25, -0.2) is 9.67 Å². The van der Waals surface area contributed by atoms with Crippen LogP contribution in [0.1, 0.15) is 17.2 Å². The van der Waals surface area contributed by atoms with Crippen LogP contribution in [0.25, 0.3) is 0 Å². The summed E-state index contributed by atoms with van der Waals surface area (Å²) in [6.07, 6.45) is 0. The fourth-order valence-corrected chi connectivity index (χ4v) is 1.80. The van der Waals surface area contributed by atoms with Crippen LogP contribution in [0.15, 0.2) is 24.3 Å². The molecule has 0 radical (unpaired) electrons. The van der Waals surface area contributed by atoms with Gasteiger partial charge in [-0.1, -0.05) is 11.8 Å². The Labute approximate surface area is 118 Å². The summed E-state index contributed by atoms with van der Waals surface area (Å²) in [5.74, 6) is 7.89. The Kier molecular flexibility index (Phi) is 4.75. The molecule has 1 aromatic heterocycles. The minimum absolute atomic E-state index is 0.130. The van der Waals surface area contributed by atoms with Crippen LogP contribution >= 0.6 is 0 Å². The fraction of sp³-hybridized carbons (Fsp3) is 0.333. The molecule has 0 fully saturated rings. The van der Waals surface area contributed by atoms with Gasteiger partial charge in [0.25, 0.3) is 0 Å². The smallest absolute Gasteiger partial charge is 0.147 e. The van der Waals surface area contributed by atoms with Crippen LogP contribution in [0.5, 0.6) is 5.75 Å². The van der Waals surface area contributed by atoms with Gasteiger partial charge in [-0.2, -0.15) is 5.10 Å². The lowest BCUT2D eigenvalue weighted by molar-refractivity contribution is 0.289. The zero-order chi connectivity index (χ0) is 14.4. The molecule has 5 nitrogen and oxygen atoms in total. The van der Waals surface area contributed by atoms with Gasteiger partial charge >= 0.3 is 0 Å². The zero-order valence-electron chi connectivity index (χ0n) is 11.6. The van der Waals surface area contributed by atoms with Crippen LogP contribution in [0.2, 0.25) is 0 Å². The van der Waals surface area contributed by atoms with Gasteiger partial charge in [-0.3, -0.25) is 0 Å². The first-order valence-electron chi connectivity index (χ1n) is 6.39. The third-order valence-electron chi connectivity index (χ3n) is 2.70. The molecule has 1 N–H and O–H groups in total. The molecule has 0 aliphatic carbocycles. The summed E-state index contributed by atoms with van der Waals surface area (Å²) in [7, 11) is 0. The predicted molar refractivity (Wildman–Crippen MR) is 75.4 cm³/mol. The van der Waals surface area contributed by atoms with Crippen molar-refractivity contribution in [1.82, 2.24) is 14.8 Å². The van der Waals surface area contributed by atoms with E-state index in [1.807, 2.05) is 42.8 Å². The number of benzene rings is 1. The number of aromatic nitrogens is 3. The van der Waals surface area contributed by atoms with Gasteiger partial charge in [0.05, 0.1) is 6.54 Å². The molecule has 20 heavy (non-hydrogen) atoms. The summed E-state index contributed by atoms with van der Waals surface area (Å²) in [6.45, 7) is 4.87. The molecule has 104 valence electrons. The molecule has 1 heterocycles. The minimum Gasteiger partial charge on any atom is -0.492 e. The molecule has 1 aromatic carbocycles. The van der Waals surface area contributed by atoms with Crippen LogP contribution in [0.3, 0.4) is 0 Å². The Morgan fingerprint density at radius 1 is 1.25 bits per heavy atom. The Morgan fingerprint density at radius 2 is 2.00 bits per heavy atom. The van der Waals surface area contributed by atoms with E-state index in [0.29, 0.717) is 13.2 Å². The first-order valence-corrected chi connectivity index (χ1v) is 6.39. The van der Waals surface area contributed by atoms with E-state index >= 15 is 0 Å². The van der Waals surface area contributed by atoms with E-state index in [-0.39, 0.29) is 6.61 Å². The van der Waals surface area contributed by atoms with Crippen molar-refractivity contribution in [3.8, 4) is 17.6 Å². The molecule has 0 aliphatic rings. The molecule has 0 spiro atoms. The molecule has 0 unspecified atom stereocenters. The van der Waals surface area contributed by atoms with E-state index in [4.69, 9.17) is 9.84 Å². The number of nitrogens with zero attached hydrogens (tertiary/aromatic N) is 3. The highest BCUT2D eigenvalue weighted by atomic mass is 16.5. The summed E-state index contributed by atoms with van der Waals surface area (Å²) in [6, 6.07) is 7.45. The highest BCUT2D eigenvalue weighted by Gasteiger charge is 2.02. The van der Waals surface area contributed by atoms with Crippen molar-refractivity contribution < 1.29 is 9.84 Å². The molecule has 0 amide bonds. The third kappa shape index (κ3) is 3.84. The SMILES string of the molecule is Cc1nc(C)n(CCOc2ccc(C#CCO)cc2)n1. The molecule has 5 heteroatoms. The van der Waals surface area contributed by atoms with Crippen LogP contribution in [0, 0.1) is 25.7 Å². The molecule has 0 saturated heterocycles. The van der Waals surface area contributed by atoms with Crippen molar-refractivity contribution in [2.45, 2.75) is 20.4 Å². The summed E-state index contributed by atoms with van der Waals surface area (Å²) in [5, 5.41) is 12.9. The summed E-state index contributed by atoms with van der Waals surface area (Å²) < 4.78 is 7.48. The Hall–Kier alpha value is -2.32. The quantitative estimate of drug-likeness (QED) is 0.852. The van der Waals surface area contributed by atoms with Gasteiger partial charge in [0.2, 0.25) is 0 Å². The molecular weight excluding hydrogens is 254 g/mol. The van der Waals surface area contributed by atoms with Gasteiger partial charge in [-0.15, -0.1) is 0 Å². The van der Waals surface area contributed by atoms with E-state index in [2.05, 4.69) is 21.9 Å². The van der Waals surface area contributed by atoms with Crippen molar-refractivity contribution in [2.24, 2.45) is 0 Å². The van der Waals surface area contributed by atoms with Crippen LogP contribution in [-0.4, -0.2) is 33.1 Å². The van der Waals surface area contributed by atoms with Gasteiger partial charge < -0.3 is 9.84 Å². The molecule has 2 aromatic rings. The van der Waals surface area contributed by atoms with Crippen molar-refractivity contribution >= 4 is 0 Å². The van der Waals surface area contributed by atoms with Crippen LogP contribution < -0.4 is 4.74 Å². The topological polar surface area (TPSA) is 60.2 Å². The lowest BCUT2D eigenvalue weighted by atomic mass is 10.2. The lowest BCUT2D eigenvalue weighted by Crippen LogP contribution is -2.11. The largest absolute Gasteiger partial charge is 0.492 e. The number of ether oxygens (including phenoxy) is 1. The minimum atomic E-state index is -0.130. The Morgan fingerprint density at radius 3 is 2.60 bits per heavy atom. The third-order valence-corrected chi connectivity index (χ3v) is 2.70. The molecule has 0 atom stereocenters. The first kappa shape index (κ1) is 14.1.